The van der Waals surface area contributed by atoms with E-state index >= 15 is 0 Å². The third-order valence-electron chi connectivity index (χ3n) is 2.94. The van der Waals surface area contributed by atoms with E-state index in [1.54, 1.807) is 0 Å². The Morgan fingerprint density at radius 3 is 2.29 bits per heavy atom. The normalized spacial score (nSPS) is 12.7. The van der Waals surface area contributed by atoms with Crippen LogP contribution in [0, 0.1) is 17.5 Å². The van der Waals surface area contributed by atoms with Crippen LogP contribution >= 0.6 is 43.2 Å². The highest BCUT2D eigenvalue weighted by molar-refractivity contribution is 9.12. The summed E-state index contributed by atoms with van der Waals surface area (Å²) in [5, 5.41) is 3.17. The smallest absolute Gasteiger partial charge is 0.161 e. The van der Waals surface area contributed by atoms with Crippen LogP contribution in [0.2, 0.25) is 0 Å². The van der Waals surface area contributed by atoms with Gasteiger partial charge in [0.05, 0.1) is 13.6 Å². The van der Waals surface area contributed by atoms with Crippen molar-refractivity contribution in [3.63, 3.8) is 0 Å². The summed E-state index contributed by atoms with van der Waals surface area (Å²) in [6, 6.07) is 2.79. The Kier molecular flexibility index (Phi) is 5.88. The van der Waals surface area contributed by atoms with Crippen molar-refractivity contribution in [1.82, 2.24) is 5.32 Å². The number of halogens is 5. The molecule has 1 heterocycles. The van der Waals surface area contributed by atoms with Crippen LogP contribution in [-0.4, -0.2) is 6.54 Å². The van der Waals surface area contributed by atoms with Crippen LogP contribution < -0.4 is 5.32 Å². The SMILES string of the molecule is CCCNC(c1cc(F)c(F)cc1F)c1cc(Br)sc1Br. The maximum Gasteiger partial charge on any atom is 0.161 e. The number of thiophene rings is 1. The number of hydrogen-bond acceptors (Lipinski definition) is 2. The van der Waals surface area contributed by atoms with Crippen molar-refractivity contribution in [2.75, 3.05) is 6.54 Å². The zero-order valence-electron chi connectivity index (χ0n) is 11.0. The van der Waals surface area contributed by atoms with Gasteiger partial charge in [0.2, 0.25) is 0 Å². The highest BCUT2D eigenvalue weighted by atomic mass is 79.9. The molecule has 21 heavy (non-hydrogen) atoms. The molecule has 2 aromatic rings. The molecule has 7 heteroatoms. The van der Waals surface area contributed by atoms with Crippen molar-refractivity contribution >= 4 is 43.2 Å². The lowest BCUT2D eigenvalue weighted by molar-refractivity contribution is 0.479. The van der Waals surface area contributed by atoms with E-state index in [2.05, 4.69) is 37.2 Å². The fraction of sp³-hybridized carbons (Fsp3) is 0.286. The molecular formula is C14H12Br2F3NS. The fourth-order valence-electron chi connectivity index (χ4n) is 1.99. The highest BCUT2D eigenvalue weighted by Crippen LogP contribution is 2.38. The highest BCUT2D eigenvalue weighted by Gasteiger charge is 2.23. The van der Waals surface area contributed by atoms with Crippen molar-refractivity contribution in [2.45, 2.75) is 19.4 Å². The molecular weight excluding hydrogens is 431 g/mol. The Hall–Kier alpha value is -0.370. The molecule has 114 valence electrons. The topological polar surface area (TPSA) is 12.0 Å². The maximum absolute atomic E-state index is 14.1. The van der Waals surface area contributed by atoms with Gasteiger partial charge in [-0.1, -0.05) is 6.92 Å². The molecule has 1 aromatic carbocycles. The van der Waals surface area contributed by atoms with Crippen LogP contribution in [0.4, 0.5) is 13.2 Å². The van der Waals surface area contributed by atoms with Gasteiger partial charge in [-0.25, -0.2) is 13.2 Å². The zero-order chi connectivity index (χ0) is 15.6. The standard InChI is InChI=1S/C14H12Br2F3NS/c1-2-3-20-13(8-5-12(15)21-14(8)16)7-4-10(18)11(19)6-9(7)17/h4-6,13,20H,2-3H2,1H3. The van der Waals surface area contributed by atoms with Gasteiger partial charge in [0.15, 0.2) is 11.6 Å². The van der Waals surface area contributed by atoms with Gasteiger partial charge in [0.1, 0.15) is 5.82 Å². The van der Waals surface area contributed by atoms with E-state index in [0.717, 1.165) is 25.6 Å². The first kappa shape index (κ1) is 17.0. The minimum Gasteiger partial charge on any atom is -0.306 e. The summed E-state index contributed by atoms with van der Waals surface area (Å²) in [4.78, 5) is 0. The third kappa shape index (κ3) is 3.88. The van der Waals surface area contributed by atoms with Crippen LogP contribution in [0.25, 0.3) is 0 Å². The van der Waals surface area contributed by atoms with Crippen molar-refractivity contribution in [2.24, 2.45) is 0 Å². The molecule has 0 fully saturated rings. The average molecular weight is 443 g/mol. The number of rotatable bonds is 5. The molecule has 1 N–H and O–H groups in total. The van der Waals surface area contributed by atoms with Gasteiger partial charge in [0.25, 0.3) is 0 Å². The van der Waals surface area contributed by atoms with Crippen molar-refractivity contribution in [1.29, 1.82) is 0 Å². The van der Waals surface area contributed by atoms with E-state index < -0.39 is 23.5 Å². The summed E-state index contributed by atoms with van der Waals surface area (Å²) in [6.07, 6.45) is 0.838. The largest absolute Gasteiger partial charge is 0.306 e. The monoisotopic (exact) mass is 441 g/mol. The molecule has 0 amide bonds. The first-order valence-electron chi connectivity index (χ1n) is 6.26. The Labute approximate surface area is 141 Å². The molecule has 1 nitrogen and oxygen atoms in total. The Balaban J connectivity index is 2.50. The Morgan fingerprint density at radius 1 is 1.05 bits per heavy atom. The van der Waals surface area contributed by atoms with Crippen LogP contribution in [0.5, 0.6) is 0 Å². The Morgan fingerprint density at radius 2 is 1.71 bits per heavy atom. The van der Waals surface area contributed by atoms with Gasteiger partial charge in [-0.3, -0.25) is 0 Å². The van der Waals surface area contributed by atoms with Gasteiger partial charge in [-0.2, -0.15) is 0 Å². The quantitative estimate of drug-likeness (QED) is 0.578. The van der Waals surface area contributed by atoms with Gasteiger partial charge >= 0.3 is 0 Å². The lowest BCUT2D eigenvalue weighted by Crippen LogP contribution is -2.24. The van der Waals surface area contributed by atoms with Crippen LogP contribution in [0.1, 0.15) is 30.5 Å². The maximum atomic E-state index is 14.1. The molecule has 0 radical (unpaired) electrons. The summed E-state index contributed by atoms with van der Waals surface area (Å²) in [5.41, 5.74) is 0.874. The summed E-state index contributed by atoms with van der Waals surface area (Å²) < 4.78 is 42.3. The summed E-state index contributed by atoms with van der Waals surface area (Å²) in [6.45, 7) is 2.60. The molecule has 0 aliphatic carbocycles. The molecule has 1 aromatic heterocycles. The minimum atomic E-state index is -1.18. The first-order chi connectivity index (χ1) is 9.93. The minimum absolute atomic E-state index is 0.0911. The summed E-state index contributed by atoms with van der Waals surface area (Å²) in [5.74, 6) is -3.01. The predicted molar refractivity (Wildman–Crippen MR) is 86.2 cm³/mol. The van der Waals surface area contributed by atoms with E-state index in [1.165, 1.54) is 11.3 Å². The second-order valence-corrected chi connectivity index (χ2v) is 8.20. The lowest BCUT2D eigenvalue weighted by Gasteiger charge is -2.19. The first-order valence-corrected chi connectivity index (χ1v) is 8.66. The van der Waals surface area contributed by atoms with Crippen molar-refractivity contribution in [3.8, 4) is 0 Å². The van der Waals surface area contributed by atoms with Crippen molar-refractivity contribution in [3.05, 3.63) is 54.4 Å². The Bertz CT molecular complexity index is 645. The molecule has 2 rings (SSSR count). The second kappa shape index (κ2) is 7.26. The molecule has 1 atom stereocenters. The number of benzene rings is 1. The zero-order valence-corrected chi connectivity index (χ0v) is 15.0. The fourth-order valence-corrected chi connectivity index (χ4v) is 4.89. The van der Waals surface area contributed by atoms with E-state index in [4.69, 9.17) is 0 Å². The second-order valence-electron chi connectivity index (χ2n) is 4.45. The van der Waals surface area contributed by atoms with Crippen LogP contribution in [-0.2, 0) is 0 Å². The van der Waals surface area contributed by atoms with Gasteiger partial charge in [-0.15, -0.1) is 11.3 Å². The molecule has 0 bridgehead atoms. The van der Waals surface area contributed by atoms with Crippen LogP contribution in [0.3, 0.4) is 0 Å². The molecule has 1 unspecified atom stereocenters. The summed E-state index contributed by atoms with van der Waals surface area (Å²) in [7, 11) is 0. The average Bonchev–Trinajstić information content (AvgIpc) is 2.75. The van der Waals surface area contributed by atoms with Crippen molar-refractivity contribution < 1.29 is 13.2 Å². The molecule has 0 saturated heterocycles. The molecule has 0 saturated carbocycles. The van der Waals surface area contributed by atoms with E-state index in [9.17, 15) is 13.2 Å². The number of hydrogen-bond donors (Lipinski definition) is 1. The molecule has 0 spiro atoms. The van der Waals surface area contributed by atoms with E-state index in [-0.39, 0.29) is 5.56 Å². The third-order valence-corrected chi connectivity index (χ3v) is 5.33. The van der Waals surface area contributed by atoms with Gasteiger partial charge in [0, 0.05) is 11.6 Å². The summed E-state index contributed by atoms with van der Waals surface area (Å²) >= 11 is 8.23. The van der Waals surface area contributed by atoms with Gasteiger partial charge < -0.3 is 5.32 Å². The van der Waals surface area contributed by atoms with Crippen LogP contribution in [0.15, 0.2) is 25.8 Å². The molecule has 0 aliphatic rings. The molecule has 0 aliphatic heterocycles. The lowest BCUT2D eigenvalue weighted by atomic mass is 10.00. The predicted octanol–water partition coefficient (Wildman–Crippen LogP) is 5.78. The van der Waals surface area contributed by atoms with Gasteiger partial charge in [-0.05, 0) is 62.5 Å². The number of nitrogens with one attached hydrogen (secondary N) is 1. The van der Waals surface area contributed by atoms with E-state index in [1.807, 2.05) is 13.0 Å². The van der Waals surface area contributed by atoms with E-state index in [0.29, 0.717) is 12.6 Å².